The van der Waals surface area contributed by atoms with Gasteiger partial charge >= 0.3 is 17.9 Å². The second-order valence-corrected chi connectivity index (χ2v) is 20.9. The van der Waals surface area contributed by atoms with Gasteiger partial charge in [0.05, 0.1) is 0 Å². The average molecular weight is 1080 g/mol. The van der Waals surface area contributed by atoms with Crippen LogP contribution in [0.5, 0.6) is 0 Å². The maximum atomic E-state index is 12.9. The van der Waals surface area contributed by atoms with Crippen LogP contribution >= 0.6 is 0 Å². The number of allylic oxidation sites excluding steroid dienone is 22. The number of rotatable bonds is 57. The third-order valence-electron chi connectivity index (χ3n) is 13.4. The molecule has 0 aliphatic carbocycles. The molecular weight excluding hydrogens is 961 g/mol. The molecule has 0 aromatic heterocycles. The van der Waals surface area contributed by atoms with Crippen LogP contribution in [-0.2, 0) is 28.6 Å². The minimum atomic E-state index is -0.799. The quantitative estimate of drug-likeness (QED) is 0.0261. The molecule has 0 aromatic carbocycles. The van der Waals surface area contributed by atoms with Crippen molar-refractivity contribution in [1.82, 2.24) is 0 Å². The van der Waals surface area contributed by atoms with Gasteiger partial charge < -0.3 is 14.2 Å². The molecule has 0 bridgehead atoms. The lowest BCUT2D eigenvalue weighted by Crippen LogP contribution is -2.30. The standard InChI is InChI=1S/C72H118O6/c1-4-7-10-13-16-19-22-25-28-30-32-34-36-38-40-42-44-47-50-53-56-59-62-65-71(74)77-68-69(67-76-70(73)64-61-58-55-52-49-46-27-24-21-18-15-12-9-6-3)78-72(75)66-63-60-57-54-51-48-45-43-41-39-37-35-33-31-29-26-23-20-17-14-11-8-5-2/h7-8,10-11,16-17,19-20,24-29,32-35,38-41,69H,4-6,9,12-15,18,21-23,30-31,36-37,42-68H2,1-3H3/b10-7-,11-8-,19-16-,20-17-,27-24-,28-25-,29-26-,34-32-,35-33-,40-38-,41-39-. The second kappa shape index (κ2) is 65.1. The van der Waals surface area contributed by atoms with Crippen molar-refractivity contribution in [2.45, 2.75) is 290 Å². The van der Waals surface area contributed by atoms with E-state index in [2.05, 4.69) is 154 Å². The van der Waals surface area contributed by atoms with E-state index in [1.165, 1.54) is 103 Å². The Labute approximate surface area is 481 Å². The van der Waals surface area contributed by atoms with Crippen LogP contribution in [0.3, 0.4) is 0 Å². The molecule has 0 radical (unpaired) electrons. The summed E-state index contributed by atoms with van der Waals surface area (Å²) in [5.41, 5.74) is 0. The third kappa shape index (κ3) is 62.4. The van der Waals surface area contributed by atoms with Gasteiger partial charge in [-0.1, -0.05) is 264 Å². The van der Waals surface area contributed by atoms with Crippen molar-refractivity contribution in [3.05, 3.63) is 134 Å². The van der Waals surface area contributed by atoms with E-state index in [0.29, 0.717) is 19.3 Å². The highest BCUT2D eigenvalue weighted by Gasteiger charge is 2.19. The minimum Gasteiger partial charge on any atom is -0.462 e. The van der Waals surface area contributed by atoms with Crippen LogP contribution in [0.2, 0.25) is 0 Å². The monoisotopic (exact) mass is 1080 g/mol. The molecule has 0 rings (SSSR count). The van der Waals surface area contributed by atoms with Gasteiger partial charge in [-0.25, -0.2) is 0 Å². The first-order chi connectivity index (χ1) is 38.5. The van der Waals surface area contributed by atoms with Crippen LogP contribution in [-0.4, -0.2) is 37.2 Å². The van der Waals surface area contributed by atoms with E-state index in [0.717, 1.165) is 141 Å². The molecule has 0 saturated carbocycles. The summed E-state index contributed by atoms with van der Waals surface area (Å²) in [5, 5.41) is 0. The molecule has 0 N–H and O–H groups in total. The lowest BCUT2D eigenvalue weighted by atomic mass is 10.1. The van der Waals surface area contributed by atoms with Gasteiger partial charge in [-0.3, -0.25) is 14.4 Å². The van der Waals surface area contributed by atoms with E-state index in [4.69, 9.17) is 14.2 Å². The van der Waals surface area contributed by atoms with Gasteiger partial charge in [0.15, 0.2) is 6.10 Å². The van der Waals surface area contributed by atoms with Crippen LogP contribution < -0.4 is 0 Å². The van der Waals surface area contributed by atoms with Crippen molar-refractivity contribution in [2.24, 2.45) is 0 Å². The van der Waals surface area contributed by atoms with Crippen molar-refractivity contribution in [2.75, 3.05) is 13.2 Å². The fourth-order valence-corrected chi connectivity index (χ4v) is 8.61. The van der Waals surface area contributed by atoms with Crippen LogP contribution in [0, 0.1) is 0 Å². The van der Waals surface area contributed by atoms with Crippen LogP contribution in [0.1, 0.15) is 284 Å². The van der Waals surface area contributed by atoms with Crippen molar-refractivity contribution in [3.63, 3.8) is 0 Å². The first-order valence-electron chi connectivity index (χ1n) is 32.2. The number of ether oxygens (including phenoxy) is 3. The topological polar surface area (TPSA) is 78.9 Å². The molecule has 0 heterocycles. The predicted molar refractivity (Wildman–Crippen MR) is 339 cm³/mol. The predicted octanol–water partition coefficient (Wildman–Crippen LogP) is 22.2. The van der Waals surface area contributed by atoms with E-state index in [-0.39, 0.29) is 31.1 Å². The molecule has 0 fully saturated rings. The first kappa shape index (κ1) is 73.5. The van der Waals surface area contributed by atoms with Gasteiger partial charge in [0.25, 0.3) is 0 Å². The van der Waals surface area contributed by atoms with Crippen molar-refractivity contribution < 1.29 is 28.6 Å². The van der Waals surface area contributed by atoms with Gasteiger partial charge in [-0.2, -0.15) is 0 Å². The molecule has 6 nitrogen and oxygen atoms in total. The van der Waals surface area contributed by atoms with E-state index in [1.807, 2.05) is 0 Å². The molecule has 6 heteroatoms. The number of hydrogen-bond acceptors (Lipinski definition) is 6. The lowest BCUT2D eigenvalue weighted by molar-refractivity contribution is -0.167. The average Bonchev–Trinajstić information content (AvgIpc) is 3.44. The molecule has 0 aliphatic heterocycles. The first-order valence-corrected chi connectivity index (χ1v) is 32.2. The Morgan fingerprint density at radius 1 is 0.269 bits per heavy atom. The zero-order chi connectivity index (χ0) is 56.4. The summed E-state index contributed by atoms with van der Waals surface area (Å²) in [4.78, 5) is 38.4. The molecule has 0 aromatic rings. The number of carbonyl (C=O) groups is 3. The van der Waals surface area contributed by atoms with Gasteiger partial charge in [0, 0.05) is 19.3 Å². The molecule has 78 heavy (non-hydrogen) atoms. The van der Waals surface area contributed by atoms with Gasteiger partial charge in [-0.05, 0) is 135 Å². The normalized spacial score (nSPS) is 13.0. The summed E-state index contributed by atoms with van der Waals surface area (Å²) in [6.45, 7) is 6.39. The smallest absolute Gasteiger partial charge is 0.306 e. The number of esters is 3. The number of hydrogen-bond donors (Lipinski definition) is 0. The molecule has 442 valence electrons. The summed E-state index contributed by atoms with van der Waals surface area (Å²) in [5.74, 6) is -0.921. The SMILES string of the molecule is CC/C=C\C/C=C\C/C=C\C/C=C\C/C=C\CCCCCCCCCC(=O)OCC(COC(=O)CCCCCCC/C=C\CCCCCCC)OC(=O)CCCCCCCCC/C=C\C/C=C\C/C=C\C/C=C\C/C=C\CC. The van der Waals surface area contributed by atoms with Crippen LogP contribution in [0.25, 0.3) is 0 Å². The molecule has 0 amide bonds. The Bertz CT molecular complexity index is 1670. The zero-order valence-electron chi connectivity index (χ0n) is 50.6. The molecular formula is C72H118O6. The van der Waals surface area contributed by atoms with Crippen molar-refractivity contribution >= 4 is 17.9 Å². The summed E-state index contributed by atoms with van der Waals surface area (Å²) in [6.07, 6.45) is 91.6. The molecule has 1 atom stereocenters. The Balaban J connectivity index is 4.43. The van der Waals surface area contributed by atoms with Crippen molar-refractivity contribution in [3.8, 4) is 0 Å². The molecule has 0 aliphatic rings. The maximum Gasteiger partial charge on any atom is 0.306 e. The Hall–Kier alpha value is -4.45. The second-order valence-electron chi connectivity index (χ2n) is 20.9. The summed E-state index contributed by atoms with van der Waals surface area (Å²) in [6, 6.07) is 0. The largest absolute Gasteiger partial charge is 0.462 e. The minimum absolute atomic E-state index is 0.0938. The zero-order valence-corrected chi connectivity index (χ0v) is 50.6. The van der Waals surface area contributed by atoms with E-state index in [9.17, 15) is 14.4 Å². The third-order valence-corrected chi connectivity index (χ3v) is 13.4. The Kier molecular flexibility index (Phi) is 61.4. The fraction of sp³-hybridized carbons (Fsp3) is 0.653. The summed E-state index contributed by atoms with van der Waals surface area (Å²) < 4.78 is 16.9. The highest BCUT2D eigenvalue weighted by Crippen LogP contribution is 2.15. The van der Waals surface area contributed by atoms with E-state index < -0.39 is 6.10 Å². The van der Waals surface area contributed by atoms with Gasteiger partial charge in [-0.15, -0.1) is 0 Å². The van der Waals surface area contributed by atoms with Gasteiger partial charge in [0.2, 0.25) is 0 Å². The van der Waals surface area contributed by atoms with Crippen LogP contribution in [0.4, 0.5) is 0 Å². The highest BCUT2D eigenvalue weighted by molar-refractivity contribution is 5.71. The van der Waals surface area contributed by atoms with Crippen LogP contribution in [0.15, 0.2) is 134 Å². The highest BCUT2D eigenvalue weighted by atomic mass is 16.6. The fourth-order valence-electron chi connectivity index (χ4n) is 8.61. The summed E-state index contributed by atoms with van der Waals surface area (Å²) >= 11 is 0. The maximum absolute atomic E-state index is 12.9. The molecule has 0 saturated heterocycles. The van der Waals surface area contributed by atoms with E-state index in [1.54, 1.807) is 0 Å². The lowest BCUT2D eigenvalue weighted by Gasteiger charge is -2.18. The number of unbranched alkanes of at least 4 members (excludes halogenated alkanes) is 24. The molecule has 1 unspecified atom stereocenters. The van der Waals surface area contributed by atoms with E-state index >= 15 is 0 Å². The van der Waals surface area contributed by atoms with Crippen molar-refractivity contribution in [1.29, 1.82) is 0 Å². The Morgan fingerprint density at radius 2 is 0.500 bits per heavy atom. The summed E-state index contributed by atoms with van der Waals surface area (Å²) in [7, 11) is 0. The molecule has 0 spiro atoms. The number of carbonyl (C=O) groups excluding carboxylic acids is 3. The van der Waals surface area contributed by atoms with Gasteiger partial charge in [0.1, 0.15) is 13.2 Å². The Morgan fingerprint density at radius 3 is 0.795 bits per heavy atom.